The van der Waals surface area contributed by atoms with Crippen molar-refractivity contribution in [1.29, 1.82) is 0 Å². The summed E-state index contributed by atoms with van der Waals surface area (Å²) < 4.78 is 16.4. The first kappa shape index (κ1) is 22.5. The number of hydrogen-bond donors (Lipinski definition) is 4. The van der Waals surface area contributed by atoms with Gasteiger partial charge in [-0.05, 0) is 6.42 Å². The van der Waals surface area contributed by atoms with Crippen LogP contribution in [0.1, 0.15) is 71.1 Å². The van der Waals surface area contributed by atoms with Gasteiger partial charge < -0.3 is 15.1 Å². The van der Waals surface area contributed by atoms with Crippen LogP contribution >= 0.6 is 7.75 Å². The van der Waals surface area contributed by atoms with E-state index in [9.17, 15) is 14.3 Å². The minimum atomic E-state index is -4.19. The fraction of sp³-hybridized carbons (Fsp3) is 0.933. The van der Waals surface area contributed by atoms with Gasteiger partial charge in [0.05, 0.1) is 13.2 Å². The van der Waals surface area contributed by atoms with Crippen molar-refractivity contribution in [3.8, 4) is 0 Å². The zero-order valence-corrected chi connectivity index (χ0v) is 15.0. The van der Waals surface area contributed by atoms with Crippen LogP contribution in [0.4, 0.5) is 0 Å². The molecule has 0 aromatic heterocycles. The average molecular weight is 353 g/mol. The highest BCUT2D eigenvalue weighted by Gasteiger charge is 2.28. The number of aliphatic hydroxyl groups excluding tert-OH is 1. The van der Waals surface area contributed by atoms with E-state index in [1.54, 1.807) is 0 Å². The Balaban J connectivity index is 3.56. The summed E-state index contributed by atoms with van der Waals surface area (Å²) in [6.45, 7) is 1.52. The van der Waals surface area contributed by atoms with Crippen LogP contribution in [-0.4, -0.2) is 40.3 Å². The van der Waals surface area contributed by atoms with Crippen LogP contribution in [0.2, 0.25) is 0 Å². The molecule has 0 aliphatic heterocycles. The predicted octanol–water partition coefficient (Wildman–Crippen LogP) is 3.06. The van der Waals surface area contributed by atoms with E-state index in [0.717, 1.165) is 19.3 Å². The second-order valence-corrected chi connectivity index (χ2v) is 7.30. The topological polar surface area (TPSA) is 116 Å². The van der Waals surface area contributed by atoms with Gasteiger partial charge in [0.25, 0.3) is 0 Å². The maximum absolute atomic E-state index is 11.6. The van der Waals surface area contributed by atoms with E-state index >= 15 is 0 Å². The number of unbranched alkanes of at least 4 members (excludes halogenated alkanes) is 9. The van der Waals surface area contributed by atoms with E-state index in [0.29, 0.717) is 6.42 Å². The molecule has 0 radical (unpaired) electrons. The predicted molar refractivity (Wildman–Crippen MR) is 89.3 cm³/mol. The van der Waals surface area contributed by atoms with E-state index in [1.165, 1.54) is 38.5 Å². The van der Waals surface area contributed by atoms with Gasteiger partial charge in [-0.1, -0.05) is 64.7 Å². The number of rotatable bonds is 16. The van der Waals surface area contributed by atoms with Crippen LogP contribution in [0.25, 0.3) is 0 Å². The quantitative estimate of drug-likeness (QED) is 0.249. The van der Waals surface area contributed by atoms with Crippen molar-refractivity contribution in [2.45, 2.75) is 77.2 Å². The lowest BCUT2D eigenvalue weighted by atomic mass is 10.1. The molecule has 0 heterocycles. The molecule has 8 heteroatoms. The number of hydrogen-bond acceptors (Lipinski definition) is 4. The van der Waals surface area contributed by atoms with Crippen LogP contribution in [-0.2, 0) is 13.9 Å². The lowest BCUT2D eigenvalue weighted by Gasteiger charge is -2.17. The molecule has 23 heavy (non-hydrogen) atoms. The molecule has 0 fully saturated rings. The maximum Gasteiger partial charge on any atom is 0.403 e. The molecule has 0 aromatic carbocycles. The van der Waals surface area contributed by atoms with Crippen LogP contribution < -0.4 is 5.09 Å². The van der Waals surface area contributed by atoms with Crippen molar-refractivity contribution in [1.82, 2.24) is 5.09 Å². The molecule has 138 valence electrons. The highest BCUT2D eigenvalue weighted by Crippen LogP contribution is 2.37. The Morgan fingerprint density at radius 1 is 1.04 bits per heavy atom. The molecule has 1 unspecified atom stereocenters. The largest absolute Gasteiger partial charge is 0.480 e. The molecule has 2 atom stereocenters. The van der Waals surface area contributed by atoms with Crippen molar-refractivity contribution in [3.63, 3.8) is 0 Å². The molecule has 0 aliphatic carbocycles. The number of carboxylic acids is 1. The summed E-state index contributed by atoms with van der Waals surface area (Å²) in [6, 6.07) is -1.50. The third kappa shape index (κ3) is 13.7. The summed E-state index contributed by atoms with van der Waals surface area (Å²) in [5, 5.41) is 19.4. The summed E-state index contributed by atoms with van der Waals surface area (Å²) in [5.41, 5.74) is 0. The zero-order valence-electron chi connectivity index (χ0n) is 14.1. The van der Waals surface area contributed by atoms with Crippen molar-refractivity contribution in [3.05, 3.63) is 0 Å². The van der Waals surface area contributed by atoms with Gasteiger partial charge in [0.15, 0.2) is 0 Å². The highest BCUT2D eigenvalue weighted by molar-refractivity contribution is 7.50. The van der Waals surface area contributed by atoms with E-state index < -0.39 is 26.4 Å². The molecule has 0 aliphatic rings. The van der Waals surface area contributed by atoms with E-state index in [4.69, 9.17) is 14.7 Å². The third-order valence-corrected chi connectivity index (χ3v) is 4.73. The molecule has 0 saturated heterocycles. The minimum Gasteiger partial charge on any atom is -0.480 e. The van der Waals surface area contributed by atoms with Crippen molar-refractivity contribution in [2.75, 3.05) is 13.2 Å². The number of carbonyl (C=O) groups is 1. The van der Waals surface area contributed by atoms with Gasteiger partial charge >= 0.3 is 13.7 Å². The van der Waals surface area contributed by atoms with Crippen LogP contribution in [0.15, 0.2) is 0 Å². The summed E-state index contributed by atoms with van der Waals surface area (Å²) >= 11 is 0. The lowest BCUT2D eigenvalue weighted by Crippen LogP contribution is -2.38. The van der Waals surface area contributed by atoms with Crippen molar-refractivity contribution in [2.24, 2.45) is 0 Å². The molecule has 0 spiro atoms. The minimum absolute atomic E-state index is 0.0923. The Kier molecular flexibility index (Phi) is 13.7. The van der Waals surface area contributed by atoms with Gasteiger partial charge in [-0.15, -0.1) is 0 Å². The first-order valence-electron chi connectivity index (χ1n) is 8.51. The molecule has 0 bridgehead atoms. The number of aliphatic hydroxyl groups is 1. The molecule has 0 rings (SSSR count). The van der Waals surface area contributed by atoms with Crippen LogP contribution in [0.5, 0.6) is 0 Å². The Labute approximate surface area is 139 Å². The molecule has 7 nitrogen and oxygen atoms in total. The zero-order chi connectivity index (χ0) is 17.6. The standard InChI is InChI=1S/C15H32NO6P/c1-2-3-4-5-6-7-8-9-10-11-12-22-23(20,21)16-14(13-17)15(18)19/h14,17H,2-13H2,1H3,(H,18,19)(H2,16,20,21)/t14-/m0/s1. The fourth-order valence-electron chi connectivity index (χ4n) is 2.19. The first-order valence-corrected chi connectivity index (χ1v) is 10.1. The van der Waals surface area contributed by atoms with Crippen molar-refractivity contribution >= 4 is 13.7 Å². The van der Waals surface area contributed by atoms with E-state index in [-0.39, 0.29) is 6.61 Å². The number of carboxylic acid groups (broad SMARTS) is 1. The molecule has 0 aromatic rings. The fourth-order valence-corrected chi connectivity index (χ4v) is 3.22. The smallest absolute Gasteiger partial charge is 0.403 e. The second-order valence-electron chi connectivity index (χ2n) is 5.74. The van der Waals surface area contributed by atoms with Crippen LogP contribution in [0.3, 0.4) is 0 Å². The van der Waals surface area contributed by atoms with Crippen LogP contribution in [0, 0.1) is 0 Å². The monoisotopic (exact) mass is 353 g/mol. The average Bonchev–Trinajstić information content (AvgIpc) is 2.50. The second kappa shape index (κ2) is 13.9. The van der Waals surface area contributed by atoms with Crippen molar-refractivity contribution < 1.29 is 29.0 Å². The first-order chi connectivity index (χ1) is 10.9. The number of aliphatic carboxylic acids is 1. The number of nitrogens with one attached hydrogen (secondary N) is 1. The summed E-state index contributed by atoms with van der Waals surface area (Å²) in [5.74, 6) is -1.40. The lowest BCUT2D eigenvalue weighted by molar-refractivity contribution is -0.140. The molecular weight excluding hydrogens is 321 g/mol. The molecule has 4 N–H and O–H groups in total. The van der Waals surface area contributed by atoms with Gasteiger partial charge in [-0.2, -0.15) is 0 Å². The third-order valence-electron chi connectivity index (χ3n) is 3.56. The summed E-state index contributed by atoms with van der Waals surface area (Å²) in [4.78, 5) is 20.1. The van der Waals surface area contributed by atoms with Gasteiger partial charge in [0, 0.05) is 0 Å². The Bertz CT molecular complexity index is 353. The normalized spacial score (nSPS) is 15.3. The Hall–Kier alpha value is -0.460. The highest BCUT2D eigenvalue weighted by atomic mass is 31.2. The summed E-state index contributed by atoms with van der Waals surface area (Å²) in [7, 11) is -4.19. The molecule has 0 saturated carbocycles. The van der Waals surface area contributed by atoms with Gasteiger partial charge in [-0.3, -0.25) is 9.32 Å². The summed E-state index contributed by atoms with van der Waals surface area (Å²) in [6.07, 6.45) is 11.5. The van der Waals surface area contributed by atoms with E-state index in [1.807, 2.05) is 5.09 Å². The van der Waals surface area contributed by atoms with Gasteiger partial charge in [0.2, 0.25) is 0 Å². The van der Waals surface area contributed by atoms with Gasteiger partial charge in [0.1, 0.15) is 6.04 Å². The Morgan fingerprint density at radius 3 is 1.96 bits per heavy atom. The SMILES string of the molecule is CCCCCCCCCCCCOP(=O)(O)N[C@@H](CO)C(=O)O. The molecule has 0 amide bonds. The van der Waals surface area contributed by atoms with Gasteiger partial charge in [-0.25, -0.2) is 9.65 Å². The molecular formula is C15H32NO6P. The Morgan fingerprint density at radius 2 is 1.52 bits per heavy atom. The van der Waals surface area contributed by atoms with E-state index in [2.05, 4.69) is 6.92 Å². The maximum atomic E-state index is 11.6.